The fraction of sp³-hybridized carbons (Fsp3) is 0.303. The van der Waals surface area contributed by atoms with E-state index >= 15 is 0 Å². The van der Waals surface area contributed by atoms with Crippen LogP contribution < -0.4 is 24.5 Å². The summed E-state index contributed by atoms with van der Waals surface area (Å²) in [4.78, 5) is 39.4. The van der Waals surface area contributed by atoms with E-state index in [1.54, 1.807) is 51.1 Å². The van der Waals surface area contributed by atoms with E-state index in [1.807, 2.05) is 30.3 Å². The third-order valence-corrected chi connectivity index (χ3v) is 6.61. The number of aromatic nitrogens is 1. The van der Waals surface area contributed by atoms with Gasteiger partial charge >= 0.3 is 11.9 Å². The van der Waals surface area contributed by atoms with Crippen molar-refractivity contribution in [1.29, 1.82) is 0 Å². The second kappa shape index (κ2) is 12.9. The lowest BCUT2D eigenvalue weighted by molar-refractivity contribution is -0.155. The number of pyridine rings is 1. The van der Waals surface area contributed by atoms with Gasteiger partial charge in [-0.05, 0) is 67.6 Å². The highest BCUT2D eigenvalue weighted by atomic mass is 16.6. The van der Waals surface area contributed by atoms with Gasteiger partial charge in [-0.3, -0.25) is 9.59 Å². The first-order valence-corrected chi connectivity index (χ1v) is 13.6. The molecule has 10 heteroatoms. The number of carboxylic acids is 1. The average molecular weight is 590 g/mol. The van der Waals surface area contributed by atoms with Crippen LogP contribution >= 0.6 is 0 Å². The molecular formula is C33H35NO9. The molecule has 0 spiro atoms. The van der Waals surface area contributed by atoms with Gasteiger partial charge in [0.05, 0.1) is 33.1 Å². The molecular weight excluding hydrogens is 554 g/mol. The van der Waals surface area contributed by atoms with Gasteiger partial charge in [0.15, 0.2) is 11.5 Å². The molecule has 0 atom stereocenters. The van der Waals surface area contributed by atoms with E-state index in [0.29, 0.717) is 33.9 Å². The van der Waals surface area contributed by atoms with E-state index in [9.17, 15) is 19.5 Å². The standard InChI is InChI=1S/C33H35NO9/c1-33(2,3)43-27(35)14-15-34-29(32(37)38)28(21-16-25(39-4)30(41-6)26(17-21)40-5)23-13-12-22(18-24(23)31(34)36)42-19-20-10-8-7-9-11-20/h7-13,16-18H,14-15,19H2,1-6H3,(H,37,38). The molecule has 0 aliphatic rings. The lowest BCUT2D eigenvalue weighted by Crippen LogP contribution is -2.30. The number of fused-ring (bicyclic) bond motifs is 1. The van der Waals surface area contributed by atoms with Gasteiger partial charge in [0.2, 0.25) is 5.75 Å². The number of benzene rings is 3. The van der Waals surface area contributed by atoms with Crippen molar-refractivity contribution in [3.05, 3.63) is 82.3 Å². The number of carbonyl (C=O) groups excluding carboxylic acids is 1. The Balaban J connectivity index is 1.96. The zero-order chi connectivity index (χ0) is 31.3. The first-order valence-electron chi connectivity index (χ1n) is 13.6. The molecule has 0 aliphatic heterocycles. The summed E-state index contributed by atoms with van der Waals surface area (Å²) in [6.45, 7) is 5.24. The van der Waals surface area contributed by atoms with E-state index in [-0.39, 0.29) is 36.2 Å². The molecule has 0 unspecified atom stereocenters. The average Bonchev–Trinajstić information content (AvgIpc) is 2.98. The van der Waals surface area contributed by atoms with Crippen molar-refractivity contribution >= 4 is 22.7 Å². The Morgan fingerprint density at radius 3 is 2.07 bits per heavy atom. The minimum Gasteiger partial charge on any atom is -0.493 e. The van der Waals surface area contributed by atoms with Crippen molar-refractivity contribution in [2.75, 3.05) is 21.3 Å². The second-order valence-corrected chi connectivity index (χ2v) is 10.7. The Kier molecular flexibility index (Phi) is 9.28. The number of carbonyl (C=O) groups is 2. The number of hydrogen-bond donors (Lipinski definition) is 1. The molecule has 3 aromatic carbocycles. The zero-order valence-corrected chi connectivity index (χ0v) is 25.1. The number of nitrogens with zero attached hydrogens (tertiary/aromatic N) is 1. The largest absolute Gasteiger partial charge is 0.493 e. The zero-order valence-electron chi connectivity index (χ0n) is 25.1. The predicted octanol–water partition coefficient (Wildman–Crippen LogP) is 5.70. The Labute approximate surface area is 249 Å². The van der Waals surface area contributed by atoms with Crippen LogP contribution in [0.4, 0.5) is 0 Å². The van der Waals surface area contributed by atoms with Gasteiger partial charge in [0.25, 0.3) is 5.56 Å². The lowest BCUT2D eigenvalue weighted by Gasteiger charge is -2.21. The van der Waals surface area contributed by atoms with E-state index in [2.05, 4.69) is 0 Å². The smallest absolute Gasteiger partial charge is 0.353 e. The van der Waals surface area contributed by atoms with E-state index in [4.69, 9.17) is 23.7 Å². The molecule has 0 bridgehead atoms. The summed E-state index contributed by atoms with van der Waals surface area (Å²) >= 11 is 0. The summed E-state index contributed by atoms with van der Waals surface area (Å²) in [6, 6.07) is 17.7. The maximum Gasteiger partial charge on any atom is 0.353 e. The number of ether oxygens (including phenoxy) is 5. The summed E-state index contributed by atoms with van der Waals surface area (Å²) in [5.41, 5.74) is -0.0451. The Morgan fingerprint density at radius 1 is 0.860 bits per heavy atom. The topological polar surface area (TPSA) is 123 Å². The van der Waals surface area contributed by atoms with Crippen LogP contribution in [0.5, 0.6) is 23.0 Å². The summed E-state index contributed by atoms with van der Waals surface area (Å²) in [5.74, 6) is -0.566. The molecule has 4 aromatic rings. The highest BCUT2D eigenvalue weighted by molar-refractivity contribution is 6.07. The van der Waals surface area contributed by atoms with Gasteiger partial charge in [-0.1, -0.05) is 30.3 Å². The SMILES string of the molecule is COc1cc(-c2c(C(=O)O)n(CCC(=O)OC(C)(C)C)c(=O)c3cc(OCc4ccccc4)ccc23)cc(OC)c1OC. The number of methoxy groups -OCH3 is 3. The minimum absolute atomic E-state index is 0.212. The summed E-state index contributed by atoms with van der Waals surface area (Å²) in [7, 11) is 4.37. The van der Waals surface area contributed by atoms with Crippen molar-refractivity contribution < 1.29 is 38.4 Å². The van der Waals surface area contributed by atoms with Crippen molar-refractivity contribution in [2.45, 2.75) is 45.9 Å². The maximum absolute atomic E-state index is 13.9. The van der Waals surface area contributed by atoms with Crippen molar-refractivity contribution in [2.24, 2.45) is 0 Å². The quantitative estimate of drug-likeness (QED) is 0.219. The summed E-state index contributed by atoms with van der Waals surface area (Å²) in [5, 5.41) is 11.1. The molecule has 1 N–H and O–H groups in total. The van der Waals surface area contributed by atoms with E-state index in [1.165, 1.54) is 21.3 Å². The first-order chi connectivity index (χ1) is 20.5. The maximum atomic E-state index is 13.9. The molecule has 0 aliphatic carbocycles. The first kappa shape index (κ1) is 31.0. The van der Waals surface area contributed by atoms with Gasteiger partial charge in [-0.2, -0.15) is 0 Å². The summed E-state index contributed by atoms with van der Waals surface area (Å²) in [6.07, 6.45) is -0.220. The normalized spacial score (nSPS) is 11.2. The predicted molar refractivity (Wildman–Crippen MR) is 161 cm³/mol. The van der Waals surface area contributed by atoms with Gasteiger partial charge < -0.3 is 33.4 Å². The molecule has 0 saturated carbocycles. The number of carboxylic acid groups (broad SMARTS) is 1. The van der Waals surface area contributed by atoms with Crippen LogP contribution in [0.2, 0.25) is 0 Å². The van der Waals surface area contributed by atoms with Crippen molar-refractivity contribution in [3.63, 3.8) is 0 Å². The van der Waals surface area contributed by atoms with Crippen LogP contribution in [0.3, 0.4) is 0 Å². The van der Waals surface area contributed by atoms with Crippen molar-refractivity contribution in [1.82, 2.24) is 4.57 Å². The molecule has 1 aromatic heterocycles. The van der Waals surface area contributed by atoms with Gasteiger partial charge in [-0.15, -0.1) is 0 Å². The lowest BCUT2D eigenvalue weighted by atomic mass is 9.95. The number of aromatic carboxylic acids is 1. The third kappa shape index (κ3) is 6.91. The molecule has 0 radical (unpaired) electrons. The van der Waals surface area contributed by atoms with E-state index in [0.717, 1.165) is 10.1 Å². The fourth-order valence-corrected chi connectivity index (χ4v) is 4.81. The molecule has 0 amide bonds. The Morgan fingerprint density at radius 2 is 1.51 bits per heavy atom. The van der Waals surface area contributed by atoms with Gasteiger partial charge in [0.1, 0.15) is 23.7 Å². The monoisotopic (exact) mass is 589 g/mol. The molecule has 0 fully saturated rings. The second-order valence-electron chi connectivity index (χ2n) is 10.7. The molecule has 43 heavy (non-hydrogen) atoms. The highest BCUT2D eigenvalue weighted by Crippen LogP contribution is 2.43. The van der Waals surface area contributed by atoms with Crippen molar-refractivity contribution in [3.8, 4) is 34.1 Å². The molecule has 1 heterocycles. The van der Waals surface area contributed by atoms with Crippen LogP contribution in [0.15, 0.2) is 65.5 Å². The third-order valence-electron chi connectivity index (χ3n) is 6.61. The molecule has 226 valence electrons. The van der Waals surface area contributed by atoms with Crippen LogP contribution in [-0.4, -0.2) is 48.5 Å². The van der Waals surface area contributed by atoms with Crippen LogP contribution in [-0.2, 0) is 22.7 Å². The minimum atomic E-state index is -1.35. The number of esters is 1. The molecule has 0 saturated heterocycles. The van der Waals surface area contributed by atoms with Crippen LogP contribution in [0.1, 0.15) is 43.2 Å². The Bertz CT molecular complexity index is 1680. The number of rotatable bonds is 11. The van der Waals surface area contributed by atoms with Gasteiger partial charge in [-0.25, -0.2) is 4.79 Å². The van der Waals surface area contributed by atoms with Gasteiger partial charge in [0, 0.05) is 12.1 Å². The van der Waals surface area contributed by atoms with Crippen LogP contribution in [0, 0.1) is 0 Å². The van der Waals surface area contributed by atoms with E-state index < -0.39 is 23.1 Å². The fourth-order valence-electron chi connectivity index (χ4n) is 4.81. The number of hydrogen-bond acceptors (Lipinski definition) is 8. The highest BCUT2D eigenvalue weighted by Gasteiger charge is 2.26. The molecule has 10 nitrogen and oxygen atoms in total. The molecule has 4 rings (SSSR count). The summed E-state index contributed by atoms with van der Waals surface area (Å²) < 4.78 is 29.0. The Hall–Kier alpha value is -4.99. The van der Waals surface area contributed by atoms with Crippen LogP contribution in [0.25, 0.3) is 21.9 Å².